The summed E-state index contributed by atoms with van der Waals surface area (Å²) in [6, 6.07) is 8.85. The summed E-state index contributed by atoms with van der Waals surface area (Å²) in [6.07, 6.45) is 16.6. The normalized spacial score (nSPS) is 37.5. The Morgan fingerprint density at radius 1 is 0.900 bits per heavy atom. The molecule has 1 amide bonds. The van der Waals surface area contributed by atoms with Gasteiger partial charge in [0.15, 0.2) is 5.78 Å². The third-order valence-corrected chi connectivity index (χ3v) is 19.3. The predicted octanol–water partition coefficient (Wildman–Crippen LogP) is 11.7. The number of benzene rings is 1. The van der Waals surface area contributed by atoms with Gasteiger partial charge in [0.25, 0.3) is 5.91 Å². The van der Waals surface area contributed by atoms with Crippen molar-refractivity contribution in [1.29, 1.82) is 0 Å². The molecule has 6 aliphatic carbocycles. The maximum absolute atomic E-state index is 14.6. The van der Waals surface area contributed by atoms with E-state index in [9.17, 15) is 24.3 Å². The van der Waals surface area contributed by atoms with E-state index in [2.05, 4.69) is 83.9 Å². The first-order valence-electron chi connectivity index (χ1n) is 23.5. The Morgan fingerprint density at radius 3 is 2.23 bits per heavy atom. The van der Waals surface area contributed by atoms with Gasteiger partial charge in [-0.05, 0) is 178 Å². The number of carbonyl (C=O) groups is 4. The Morgan fingerprint density at radius 2 is 1.60 bits per heavy atom. The van der Waals surface area contributed by atoms with Crippen LogP contribution in [-0.2, 0) is 23.9 Å². The van der Waals surface area contributed by atoms with Crippen molar-refractivity contribution in [2.24, 2.45) is 56.2 Å². The number of carboxylic acid groups (broad SMARTS) is 1. The zero-order valence-electron chi connectivity index (χ0n) is 38.4. The summed E-state index contributed by atoms with van der Waals surface area (Å²) in [5, 5.41) is 9.68. The molecule has 5 saturated carbocycles. The Balaban J connectivity index is 1.10. The van der Waals surface area contributed by atoms with Gasteiger partial charge in [0.1, 0.15) is 6.10 Å². The van der Waals surface area contributed by atoms with Crippen LogP contribution in [0.25, 0.3) is 0 Å². The second kappa shape index (κ2) is 15.1. The summed E-state index contributed by atoms with van der Waals surface area (Å²) in [5.74, 6) is 1.91. The fourth-order valence-corrected chi connectivity index (χ4v) is 15.6. The summed E-state index contributed by atoms with van der Waals surface area (Å²) in [6.45, 7) is 19.9. The number of ether oxygens (including phenoxy) is 1. The van der Waals surface area contributed by atoms with E-state index in [1.54, 1.807) is 13.8 Å². The van der Waals surface area contributed by atoms with Gasteiger partial charge in [-0.3, -0.25) is 19.2 Å². The van der Waals surface area contributed by atoms with E-state index >= 15 is 0 Å². The van der Waals surface area contributed by atoms with Crippen LogP contribution < -0.4 is 4.90 Å². The number of carbonyl (C=O) groups excluding carboxylic acids is 3. The molecule has 0 aromatic heterocycles. The molecule has 1 aromatic carbocycles. The molecular weight excluding hydrogens is 767 g/mol. The first kappa shape index (κ1) is 43.8. The molecule has 8 rings (SSSR count). The second-order valence-corrected chi connectivity index (χ2v) is 23.9. The molecule has 1 aromatic rings. The fourth-order valence-electron chi connectivity index (χ4n) is 15.1. The number of hydrogen-bond acceptors (Lipinski definition) is 6. The third-order valence-electron chi connectivity index (χ3n) is 18.7. The molecule has 1 aliphatic heterocycles. The molecule has 5 fully saturated rings. The van der Waals surface area contributed by atoms with Crippen molar-refractivity contribution in [3.63, 3.8) is 0 Å². The van der Waals surface area contributed by atoms with Crippen molar-refractivity contribution in [2.45, 2.75) is 170 Å². The number of hydrogen-bond donors (Lipinski definition) is 1. The van der Waals surface area contributed by atoms with Crippen LogP contribution in [0.2, 0.25) is 0 Å². The van der Waals surface area contributed by atoms with Gasteiger partial charge in [0, 0.05) is 35.1 Å². The van der Waals surface area contributed by atoms with Crippen molar-refractivity contribution in [3.8, 4) is 0 Å². The monoisotopic (exact) mass is 840 g/mol. The van der Waals surface area contributed by atoms with Crippen LogP contribution in [0.1, 0.15) is 164 Å². The van der Waals surface area contributed by atoms with Crippen LogP contribution in [-0.4, -0.2) is 52.9 Å². The van der Waals surface area contributed by atoms with Gasteiger partial charge in [-0.2, -0.15) is 11.8 Å². The quantitative estimate of drug-likeness (QED) is 0.221. The van der Waals surface area contributed by atoms with E-state index in [4.69, 9.17) is 4.74 Å². The molecule has 0 bridgehead atoms. The predicted molar refractivity (Wildman–Crippen MR) is 241 cm³/mol. The topological polar surface area (TPSA) is 101 Å². The molecule has 1 N–H and O–H groups in total. The number of rotatable bonds is 11. The van der Waals surface area contributed by atoms with E-state index in [1.165, 1.54) is 29.6 Å². The van der Waals surface area contributed by atoms with E-state index in [0.717, 1.165) is 81.2 Å². The maximum atomic E-state index is 14.6. The molecular formula is C52H73NO6S. The van der Waals surface area contributed by atoms with Crippen LogP contribution >= 0.6 is 11.8 Å². The molecule has 0 saturated heterocycles. The van der Waals surface area contributed by atoms with Crippen LogP contribution in [0.3, 0.4) is 0 Å². The van der Waals surface area contributed by atoms with E-state index in [-0.39, 0.29) is 63.4 Å². The van der Waals surface area contributed by atoms with Gasteiger partial charge < -0.3 is 14.7 Å². The van der Waals surface area contributed by atoms with Crippen molar-refractivity contribution in [1.82, 2.24) is 0 Å². The standard InChI is InChI=1S/C52H73NO6S/c1-31(2)44-38(54)29-52(34-27-36(21-26-60-10)53(42(55)28-34)35-15-13-33(14-16-35)32-11-12-32)25-24-50(8)37(45(44)52)17-18-40-49(7)22-20-41(59-43(56)30-47(3,4)46(57)58)48(5,6)39(49)19-23-51(40,50)9/h13-16,28,31-32,36-37,39-41H,11-12,17-27,29-30H2,1-10H3,(H,57,58)/t36?,37?,39-,40+,41?,49-,50+,51+,52-/m0/s1. The molecule has 0 radical (unpaired) electrons. The number of allylic oxidation sites excluding steroid dienone is 2. The number of amides is 1. The van der Waals surface area contributed by atoms with Gasteiger partial charge in [0.05, 0.1) is 11.8 Å². The Labute approximate surface area is 364 Å². The van der Waals surface area contributed by atoms with Crippen molar-refractivity contribution in [2.75, 3.05) is 16.9 Å². The first-order valence-corrected chi connectivity index (χ1v) is 24.9. The number of anilines is 1. The molecule has 9 atom stereocenters. The highest BCUT2D eigenvalue weighted by molar-refractivity contribution is 7.98. The number of fused-ring (bicyclic) bond motifs is 7. The Hall–Kier alpha value is -2.87. The molecule has 0 spiro atoms. The lowest BCUT2D eigenvalue weighted by Gasteiger charge is -2.72. The summed E-state index contributed by atoms with van der Waals surface area (Å²) < 4.78 is 6.22. The molecule has 7 aliphatic rings. The highest BCUT2D eigenvalue weighted by Crippen LogP contribution is 2.77. The number of thioether (sulfide) groups is 1. The van der Waals surface area contributed by atoms with Crippen LogP contribution in [0.4, 0.5) is 5.69 Å². The minimum Gasteiger partial charge on any atom is -0.481 e. The van der Waals surface area contributed by atoms with Gasteiger partial charge in [0.2, 0.25) is 0 Å². The summed E-state index contributed by atoms with van der Waals surface area (Å²) >= 11 is 1.84. The molecule has 3 unspecified atom stereocenters. The average molecular weight is 840 g/mol. The third kappa shape index (κ3) is 6.71. The number of Topliss-reactive ketones (excluding diaryl/α,β-unsaturated/α-hetero) is 1. The number of esters is 1. The van der Waals surface area contributed by atoms with E-state index in [1.807, 2.05) is 17.8 Å². The summed E-state index contributed by atoms with van der Waals surface area (Å²) in [4.78, 5) is 56.3. The smallest absolute Gasteiger partial charge is 0.309 e. The zero-order valence-corrected chi connectivity index (χ0v) is 39.2. The number of aliphatic carboxylic acids is 1. The van der Waals surface area contributed by atoms with Gasteiger partial charge in [-0.1, -0.05) is 66.2 Å². The lowest BCUT2D eigenvalue weighted by molar-refractivity contribution is -0.233. The van der Waals surface area contributed by atoms with Crippen LogP contribution in [0, 0.1) is 56.2 Å². The molecule has 7 nitrogen and oxygen atoms in total. The first-order chi connectivity index (χ1) is 28.1. The number of ketones is 1. The maximum Gasteiger partial charge on any atom is 0.309 e. The molecule has 8 heteroatoms. The van der Waals surface area contributed by atoms with E-state index in [0.29, 0.717) is 30.0 Å². The second-order valence-electron chi connectivity index (χ2n) is 22.9. The lowest BCUT2D eigenvalue weighted by atomic mass is 9.32. The summed E-state index contributed by atoms with van der Waals surface area (Å²) in [7, 11) is 0. The minimum atomic E-state index is -1.17. The lowest BCUT2D eigenvalue weighted by Crippen LogP contribution is -2.66. The van der Waals surface area contributed by atoms with Crippen LogP contribution in [0.5, 0.6) is 0 Å². The van der Waals surface area contributed by atoms with Crippen molar-refractivity contribution < 1.29 is 29.0 Å². The average Bonchev–Trinajstić information content (AvgIpc) is 3.97. The Bertz CT molecular complexity index is 1990. The van der Waals surface area contributed by atoms with Crippen LogP contribution in [0.15, 0.2) is 47.1 Å². The summed E-state index contributed by atoms with van der Waals surface area (Å²) in [5.41, 5.74) is 4.38. The molecule has 60 heavy (non-hydrogen) atoms. The van der Waals surface area contributed by atoms with Crippen molar-refractivity contribution in [3.05, 3.63) is 52.6 Å². The van der Waals surface area contributed by atoms with Gasteiger partial charge in [-0.15, -0.1) is 0 Å². The van der Waals surface area contributed by atoms with Gasteiger partial charge in [-0.25, -0.2) is 0 Å². The Kier molecular flexibility index (Phi) is 11.0. The SMILES string of the molecule is CSCCC1CC([C@@]23CC[C@]4(C)C(CC[C@@H]5[C@@]6(C)CCC(OC(=O)CC(C)(C)C(=O)O)C(C)(C)[C@@H]6CC[C@]54C)C2=C(C(C)C)C(=O)C3)=CC(=O)N1c1ccc(C2CC2)cc1. The molecule has 1 heterocycles. The fraction of sp³-hybridized carbons (Fsp3) is 0.731. The van der Waals surface area contributed by atoms with E-state index < -0.39 is 17.4 Å². The number of carboxylic acids is 1. The van der Waals surface area contributed by atoms with Crippen molar-refractivity contribution >= 4 is 41.1 Å². The molecule has 328 valence electrons. The van der Waals surface area contributed by atoms with Gasteiger partial charge >= 0.3 is 11.9 Å². The highest BCUT2D eigenvalue weighted by Gasteiger charge is 2.70. The minimum absolute atomic E-state index is 0.00378. The largest absolute Gasteiger partial charge is 0.481 e. The zero-order chi connectivity index (χ0) is 43.4. The highest BCUT2D eigenvalue weighted by atomic mass is 32.2. The number of nitrogens with zero attached hydrogens (tertiary/aromatic N) is 1.